The number of halogens is 2. The van der Waals surface area contributed by atoms with Crippen molar-refractivity contribution in [2.24, 2.45) is 0 Å². The van der Waals surface area contributed by atoms with Gasteiger partial charge < -0.3 is 5.11 Å². The smallest absolute Gasteiger partial charge is 0.0882 e. The Balaban J connectivity index is 2.46. The third-order valence-electron chi connectivity index (χ3n) is 3.53. The van der Waals surface area contributed by atoms with Crippen LogP contribution in [0, 0.1) is 0 Å². The highest BCUT2D eigenvalue weighted by atomic mass is 79.9. The summed E-state index contributed by atoms with van der Waals surface area (Å²) in [5, 5.41) is 11.2. The van der Waals surface area contributed by atoms with Crippen molar-refractivity contribution in [3.63, 3.8) is 0 Å². The van der Waals surface area contributed by atoms with Crippen molar-refractivity contribution in [3.05, 3.63) is 33.3 Å². The molecule has 1 rings (SSSR count). The topological polar surface area (TPSA) is 20.2 Å². The van der Waals surface area contributed by atoms with Gasteiger partial charge in [0.25, 0.3) is 0 Å². The number of hydrogen-bond donors (Lipinski definition) is 1. The molecule has 0 aliphatic rings. The van der Waals surface area contributed by atoms with Crippen LogP contribution >= 0.6 is 27.5 Å². The van der Waals surface area contributed by atoms with Crippen molar-refractivity contribution in [2.45, 2.75) is 64.4 Å². The van der Waals surface area contributed by atoms with E-state index in [0.717, 1.165) is 22.9 Å². The minimum absolute atomic E-state index is 0.630. The zero-order valence-electron chi connectivity index (χ0n) is 11.9. The summed E-state index contributed by atoms with van der Waals surface area (Å²) >= 11 is 9.59. The van der Waals surface area contributed by atoms with Gasteiger partial charge in [0.2, 0.25) is 0 Å². The lowest BCUT2D eigenvalue weighted by Gasteiger charge is -2.25. The maximum Gasteiger partial charge on any atom is 0.0882 e. The van der Waals surface area contributed by atoms with Gasteiger partial charge in [-0.1, -0.05) is 79.0 Å². The van der Waals surface area contributed by atoms with E-state index in [-0.39, 0.29) is 0 Å². The van der Waals surface area contributed by atoms with E-state index < -0.39 is 5.60 Å². The van der Waals surface area contributed by atoms with Crippen LogP contribution < -0.4 is 0 Å². The van der Waals surface area contributed by atoms with E-state index in [2.05, 4.69) is 22.9 Å². The Morgan fingerprint density at radius 3 is 2.42 bits per heavy atom. The SMILES string of the molecule is CCCCCCCCC(C)(O)c1ccc(Br)cc1Cl. The third kappa shape index (κ3) is 5.85. The van der Waals surface area contributed by atoms with Gasteiger partial charge in [0.05, 0.1) is 5.60 Å². The summed E-state index contributed by atoms with van der Waals surface area (Å²) in [6.07, 6.45) is 8.14. The summed E-state index contributed by atoms with van der Waals surface area (Å²) in [6, 6.07) is 5.67. The molecule has 1 aromatic rings. The number of benzene rings is 1. The van der Waals surface area contributed by atoms with Crippen molar-refractivity contribution in [1.29, 1.82) is 0 Å². The van der Waals surface area contributed by atoms with E-state index in [1.165, 1.54) is 32.1 Å². The molecule has 0 aliphatic carbocycles. The molecular weight excluding hydrogens is 324 g/mol. The van der Waals surface area contributed by atoms with E-state index in [0.29, 0.717) is 5.02 Å². The number of aliphatic hydroxyl groups is 1. The summed E-state index contributed by atoms with van der Waals surface area (Å²) in [5.74, 6) is 0. The highest BCUT2D eigenvalue weighted by Gasteiger charge is 2.25. The maximum atomic E-state index is 10.6. The zero-order valence-corrected chi connectivity index (χ0v) is 14.2. The van der Waals surface area contributed by atoms with Crippen LogP contribution in [0.4, 0.5) is 0 Å². The molecule has 0 saturated heterocycles. The van der Waals surface area contributed by atoms with Gasteiger partial charge >= 0.3 is 0 Å². The lowest BCUT2D eigenvalue weighted by molar-refractivity contribution is 0.0449. The Morgan fingerprint density at radius 1 is 1.16 bits per heavy atom. The van der Waals surface area contributed by atoms with Crippen LogP contribution in [0.25, 0.3) is 0 Å². The monoisotopic (exact) mass is 346 g/mol. The van der Waals surface area contributed by atoms with Gasteiger partial charge in [-0.3, -0.25) is 0 Å². The molecule has 0 heterocycles. The molecule has 1 atom stereocenters. The fourth-order valence-corrected chi connectivity index (χ4v) is 3.19. The zero-order chi connectivity index (χ0) is 14.3. The third-order valence-corrected chi connectivity index (χ3v) is 4.33. The largest absolute Gasteiger partial charge is 0.385 e. The molecule has 0 amide bonds. The van der Waals surface area contributed by atoms with Crippen LogP contribution in [0.15, 0.2) is 22.7 Å². The van der Waals surface area contributed by atoms with Crippen LogP contribution in [0.2, 0.25) is 5.02 Å². The normalized spacial score (nSPS) is 14.4. The lowest BCUT2D eigenvalue weighted by Crippen LogP contribution is -2.21. The van der Waals surface area contributed by atoms with Gasteiger partial charge in [-0.05, 0) is 25.5 Å². The van der Waals surface area contributed by atoms with E-state index in [1.807, 2.05) is 25.1 Å². The summed E-state index contributed by atoms with van der Waals surface area (Å²) in [4.78, 5) is 0. The first kappa shape index (κ1) is 17.0. The molecule has 1 aromatic carbocycles. The molecule has 0 bridgehead atoms. The van der Waals surface area contributed by atoms with Crippen LogP contribution in [-0.2, 0) is 5.60 Å². The van der Waals surface area contributed by atoms with E-state index >= 15 is 0 Å². The lowest BCUT2D eigenvalue weighted by atomic mass is 9.90. The standard InChI is InChI=1S/C16H24BrClO/c1-3-4-5-6-7-8-11-16(2,19)14-10-9-13(17)12-15(14)18/h9-10,12,19H,3-8,11H2,1-2H3. The van der Waals surface area contributed by atoms with Gasteiger partial charge in [0, 0.05) is 15.1 Å². The van der Waals surface area contributed by atoms with Crippen LogP contribution in [-0.4, -0.2) is 5.11 Å². The van der Waals surface area contributed by atoms with Crippen molar-refractivity contribution in [2.75, 3.05) is 0 Å². The molecule has 0 aromatic heterocycles. The Morgan fingerprint density at radius 2 is 1.79 bits per heavy atom. The highest BCUT2D eigenvalue weighted by molar-refractivity contribution is 9.10. The van der Waals surface area contributed by atoms with Gasteiger partial charge in [0.15, 0.2) is 0 Å². The first-order chi connectivity index (χ1) is 8.97. The second kappa shape index (κ2) is 8.28. The molecule has 0 spiro atoms. The van der Waals surface area contributed by atoms with Crippen LogP contribution in [0.1, 0.15) is 64.4 Å². The van der Waals surface area contributed by atoms with Crippen molar-refractivity contribution < 1.29 is 5.11 Å². The predicted octanol–water partition coefficient (Wildman–Crippen LogP) is 6.06. The van der Waals surface area contributed by atoms with Crippen molar-refractivity contribution >= 4 is 27.5 Å². The van der Waals surface area contributed by atoms with Gasteiger partial charge in [0.1, 0.15) is 0 Å². The molecule has 0 radical (unpaired) electrons. The first-order valence-electron chi connectivity index (χ1n) is 7.15. The fraction of sp³-hybridized carbons (Fsp3) is 0.625. The predicted molar refractivity (Wildman–Crippen MR) is 86.7 cm³/mol. The molecule has 1 nitrogen and oxygen atoms in total. The van der Waals surface area contributed by atoms with Crippen LogP contribution in [0.3, 0.4) is 0 Å². The minimum Gasteiger partial charge on any atom is -0.385 e. The summed E-state index contributed by atoms with van der Waals surface area (Å²) in [7, 11) is 0. The van der Waals surface area contributed by atoms with E-state index in [9.17, 15) is 5.11 Å². The average Bonchev–Trinajstić information content (AvgIpc) is 2.33. The Bertz CT molecular complexity index is 390. The first-order valence-corrected chi connectivity index (χ1v) is 8.32. The van der Waals surface area contributed by atoms with Crippen molar-refractivity contribution in [1.82, 2.24) is 0 Å². The molecule has 108 valence electrons. The summed E-state index contributed by atoms with van der Waals surface area (Å²) in [6.45, 7) is 4.08. The van der Waals surface area contributed by atoms with E-state index in [4.69, 9.17) is 11.6 Å². The molecule has 0 saturated carbocycles. The Labute approximate surface area is 130 Å². The number of unbranched alkanes of at least 4 members (excludes halogenated alkanes) is 5. The summed E-state index contributed by atoms with van der Waals surface area (Å²) < 4.78 is 0.941. The quantitative estimate of drug-likeness (QED) is 0.567. The van der Waals surface area contributed by atoms with Crippen LogP contribution in [0.5, 0.6) is 0 Å². The Kier molecular flexibility index (Phi) is 7.41. The number of hydrogen-bond acceptors (Lipinski definition) is 1. The Hall–Kier alpha value is -0.0500. The molecule has 3 heteroatoms. The highest BCUT2D eigenvalue weighted by Crippen LogP contribution is 2.34. The summed E-state index contributed by atoms with van der Waals surface area (Å²) in [5.41, 5.74) is -0.00588. The molecule has 0 aliphatic heterocycles. The average molecular weight is 348 g/mol. The second-order valence-electron chi connectivity index (χ2n) is 5.42. The minimum atomic E-state index is -0.831. The molecule has 1 N–H and O–H groups in total. The van der Waals surface area contributed by atoms with Gasteiger partial charge in [-0.2, -0.15) is 0 Å². The maximum absolute atomic E-state index is 10.6. The van der Waals surface area contributed by atoms with Crippen molar-refractivity contribution in [3.8, 4) is 0 Å². The number of rotatable bonds is 8. The fourth-order valence-electron chi connectivity index (χ4n) is 2.31. The molecular formula is C16H24BrClO. The van der Waals surface area contributed by atoms with Gasteiger partial charge in [-0.25, -0.2) is 0 Å². The van der Waals surface area contributed by atoms with E-state index in [1.54, 1.807) is 0 Å². The second-order valence-corrected chi connectivity index (χ2v) is 6.74. The molecule has 19 heavy (non-hydrogen) atoms. The molecule has 1 unspecified atom stereocenters. The van der Waals surface area contributed by atoms with Gasteiger partial charge in [-0.15, -0.1) is 0 Å². The molecule has 0 fully saturated rings.